The van der Waals surface area contributed by atoms with E-state index in [4.69, 9.17) is 10.00 Å². The molecule has 0 saturated carbocycles. The van der Waals surface area contributed by atoms with Crippen LogP contribution in [-0.2, 0) is 11.2 Å². The molecule has 84 valence electrons. The fourth-order valence-electron chi connectivity index (χ4n) is 1.96. The second kappa shape index (κ2) is 5.53. The van der Waals surface area contributed by atoms with E-state index in [1.165, 1.54) is 5.56 Å². The summed E-state index contributed by atoms with van der Waals surface area (Å²) in [4.78, 5) is 1.78. The van der Waals surface area contributed by atoms with E-state index in [0.29, 0.717) is 6.61 Å². The van der Waals surface area contributed by atoms with Gasteiger partial charge in [0.15, 0.2) is 6.19 Å². The van der Waals surface area contributed by atoms with Crippen molar-refractivity contribution in [2.75, 3.05) is 19.7 Å². The normalized spacial score (nSPS) is 20.4. The molecule has 16 heavy (non-hydrogen) atoms. The van der Waals surface area contributed by atoms with Crippen molar-refractivity contribution in [3.63, 3.8) is 0 Å². The van der Waals surface area contributed by atoms with Crippen LogP contribution in [0.5, 0.6) is 0 Å². The number of hydrogen-bond donors (Lipinski definition) is 0. The van der Waals surface area contributed by atoms with E-state index >= 15 is 0 Å². The van der Waals surface area contributed by atoms with E-state index in [1.54, 1.807) is 4.90 Å². The van der Waals surface area contributed by atoms with Gasteiger partial charge in [0.1, 0.15) is 0 Å². The standard InChI is InChI=1S/C13H16N2O/c14-11-15-8-9-16-13(10-15)7-6-12-4-2-1-3-5-12/h1-5,13H,6-10H2. The number of nitrogens with zero attached hydrogens (tertiary/aromatic N) is 2. The molecule has 0 bridgehead atoms. The summed E-state index contributed by atoms with van der Waals surface area (Å²) in [6, 6.07) is 10.4. The van der Waals surface area contributed by atoms with Gasteiger partial charge in [-0.2, -0.15) is 5.26 Å². The average molecular weight is 216 g/mol. The molecule has 1 unspecified atom stereocenters. The first kappa shape index (κ1) is 11.0. The van der Waals surface area contributed by atoms with Crippen LogP contribution in [0.3, 0.4) is 0 Å². The highest BCUT2D eigenvalue weighted by molar-refractivity contribution is 5.14. The second-order valence-corrected chi connectivity index (χ2v) is 4.06. The van der Waals surface area contributed by atoms with E-state index < -0.39 is 0 Å². The molecule has 0 aliphatic carbocycles. The lowest BCUT2D eigenvalue weighted by Crippen LogP contribution is -2.39. The summed E-state index contributed by atoms with van der Waals surface area (Å²) in [5.74, 6) is 0. The fraction of sp³-hybridized carbons (Fsp3) is 0.462. The molecule has 2 rings (SSSR count). The van der Waals surface area contributed by atoms with Crippen LogP contribution in [-0.4, -0.2) is 30.7 Å². The average Bonchev–Trinajstić information content (AvgIpc) is 2.38. The van der Waals surface area contributed by atoms with Crippen molar-refractivity contribution in [1.82, 2.24) is 4.90 Å². The van der Waals surface area contributed by atoms with Gasteiger partial charge in [-0.15, -0.1) is 0 Å². The fourth-order valence-corrected chi connectivity index (χ4v) is 1.96. The lowest BCUT2D eigenvalue weighted by atomic mass is 10.1. The van der Waals surface area contributed by atoms with Crippen molar-refractivity contribution in [1.29, 1.82) is 5.26 Å². The molecule has 1 aliphatic rings. The van der Waals surface area contributed by atoms with E-state index in [-0.39, 0.29) is 6.10 Å². The van der Waals surface area contributed by atoms with Gasteiger partial charge in [-0.1, -0.05) is 30.3 Å². The predicted molar refractivity (Wildman–Crippen MR) is 61.7 cm³/mol. The molecule has 1 saturated heterocycles. The van der Waals surface area contributed by atoms with Crippen LogP contribution in [0.15, 0.2) is 30.3 Å². The zero-order valence-corrected chi connectivity index (χ0v) is 9.30. The lowest BCUT2D eigenvalue weighted by molar-refractivity contribution is -0.0134. The number of benzene rings is 1. The molecule has 0 amide bonds. The first-order valence-electron chi connectivity index (χ1n) is 5.68. The number of ether oxygens (including phenoxy) is 1. The topological polar surface area (TPSA) is 36.3 Å². The Hall–Kier alpha value is -1.53. The van der Waals surface area contributed by atoms with Crippen LogP contribution in [0.1, 0.15) is 12.0 Å². The van der Waals surface area contributed by atoms with Crippen LogP contribution >= 0.6 is 0 Å². The number of aryl methyl sites for hydroxylation is 1. The van der Waals surface area contributed by atoms with Gasteiger partial charge < -0.3 is 9.64 Å². The maximum Gasteiger partial charge on any atom is 0.179 e. The highest BCUT2D eigenvalue weighted by Crippen LogP contribution is 2.11. The van der Waals surface area contributed by atoms with Gasteiger partial charge in [-0.05, 0) is 18.4 Å². The molecule has 1 aromatic carbocycles. The van der Waals surface area contributed by atoms with Crippen molar-refractivity contribution in [3.05, 3.63) is 35.9 Å². The predicted octanol–water partition coefficient (Wildman–Crippen LogP) is 1.80. The molecular formula is C13H16N2O. The molecule has 1 aliphatic heterocycles. The second-order valence-electron chi connectivity index (χ2n) is 4.06. The third-order valence-electron chi connectivity index (χ3n) is 2.88. The van der Waals surface area contributed by atoms with Crippen molar-refractivity contribution in [3.8, 4) is 6.19 Å². The molecule has 3 heteroatoms. The number of hydrogen-bond acceptors (Lipinski definition) is 3. The van der Waals surface area contributed by atoms with Crippen LogP contribution < -0.4 is 0 Å². The smallest absolute Gasteiger partial charge is 0.179 e. The Morgan fingerprint density at radius 1 is 1.38 bits per heavy atom. The lowest BCUT2D eigenvalue weighted by Gasteiger charge is -2.29. The first-order valence-corrected chi connectivity index (χ1v) is 5.68. The summed E-state index contributed by atoms with van der Waals surface area (Å²) in [5.41, 5.74) is 1.33. The van der Waals surface area contributed by atoms with Gasteiger partial charge in [0.05, 0.1) is 25.8 Å². The number of morpholine rings is 1. The zero-order chi connectivity index (χ0) is 11.2. The number of rotatable bonds is 3. The van der Waals surface area contributed by atoms with Gasteiger partial charge >= 0.3 is 0 Å². The molecular weight excluding hydrogens is 200 g/mol. The van der Waals surface area contributed by atoms with Crippen LogP contribution in [0.4, 0.5) is 0 Å². The van der Waals surface area contributed by atoms with Gasteiger partial charge in [0.2, 0.25) is 0 Å². The van der Waals surface area contributed by atoms with Crippen molar-refractivity contribution in [2.45, 2.75) is 18.9 Å². The third-order valence-corrected chi connectivity index (χ3v) is 2.88. The molecule has 1 heterocycles. The highest BCUT2D eigenvalue weighted by Gasteiger charge is 2.18. The van der Waals surface area contributed by atoms with E-state index in [0.717, 1.165) is 25.9 Å². The maximum absolute atomic E-state index is 8.81. The van der Waals surface area contributed by atoms with Crippen molar-refractivity contribution in [2.24, 2.45) is 0 Å². The van der Waals surface area contributed by atoms with Gasteiger partial charge in [0, 0.05) is 0 Å². The van der Waals surface area contributed by atoms with Gasteiger partial charge in [-0.25, -0.2) is 0 Å². The summed E-state index contributed by atoms with van der Waals surface area (Å²) in [7, 11) is 0. The highest BCUT2D eigenvalue weighted by atomic mass is 16.5. The Morgan fingerprint density at radius 3 is 2.94 bits per heavy atom. The summed E-state index contributed by atoms with van der Waals surface area (Å²) in [5, 5.41) is 8.81. The van der Waals surface area contributed by atoms with Gasteiger partial charge in [0.25, 0.3) is 0 Å². The molecule has 1 aromatic rings. The summed E-state index contributed by atoms with van der Waals surface area (Å²) in [6.07, 6.45) is 4.39. The summed E-state index contributed by atoms with van der Waals surface area (Å²) < 4.78 is 5.64. The molecule has 3 nitrogen and oxygen atoms in total. The van der Waals surface area contributed by atoms with Crippen molar-refractivity contribution < 1.29 is 4.74 Å². The SMILES string of the molecule is N#CN1CCOC(CCc2ccccc2)C1. The van der Waals surface area contributed by atoms with Crippen molar-refractivity contribution >= 4 is 0 Å². The Kier molecular flexibility index (Phi) is 3.79. The van der Waals surface area contributed by atoms with Gasteiger partial charge in [-0.3, -0.25) is 0 Å². The minimum Gasteiger partial charge on any atom is -0.374 e. The quantitative estimate of drug-likeness (QED) is 0.723. The van der Waals surface area contributed by atoms with Crippen LogP contribution in [0, 0.1) is 11.5 Å². The third kappa shape index (κ3) is 2.98. The van der Waals surface area contributed by atoms with E-state index in [9.17, 15) is 0 Å². The molecule has 0 radical (unpaired) electrons. The summed E-state index contributed by atoms with van der Waals surface area (Å²) >= 11 is 0. The van der Waals surface area contributed by atoms with Crippen LogP contribution in [0.25, 0.3) is 0 Å². The molecule has 1 fully saturated rings. The molecule has 0 aromatic heterocycles. The minimum atomic E-state index is 0.202. The first-order chi connectivity index (χ1) is 7.88. The number of nitriles is 1. The summed E-state index contributed by atoms with van der Waals surface area (Å²) in [6.45, 7) is 2.15. The Bertz CT molecular complexity index is 358. The largest absolute Gasteiger partial charge is 0.374 e. The minimum absolute atomic E-state index is 0.202. The Labute approximate surface area is 96.2 Å². The van der Waals surface area contributed by atoms with E-state index in [2.05, 4.69) is 30.5 Å². The Balaban J connectivity index is 1.80. The van der Waals surface area contributed by atoms with Crippen LogP contribution in [0.2, 0.25) is 0 Å². The zero-order valence-electron chi connectivity index (χ0n) is 9.30. The van der Waals surface area contributed by atoms with E-state index in [1.807, 2.05) is 6.07 Å². The molecule has 0 N–H and O–H groups in total. The molecule has 0 spiro atoms. The maximum atomic E-state index is 8.81. The monoisotopic (exact) mass is 216 g/mol. The Morgan fingerprint density at radius 2 is 2.19 bits per heavy atom. The molecule has 1 atom stereocenters.